The quantitative estimate of drug-likeness (QED) is 0.142. The second-order valence-electron chi connectivity index (χ2n) is 1.60. The predicted octanol–water partition coefficient (Wildman–Crippen LogP) is -2.02. The van der Waals surface area contributed by atoms with Crippen LogP contribution in [0, 0.1) is 12.3 Å². The molecule has 0 fully saturated rings. The topological polar surface area (TPSA) is 18.5 Å². The Kier molecular flexibility index (Phi) is 15.0. The van der Waals surface area contributed by atoms with E-state index in [0.29, 0.717) is 19.8 Å². The van der Waals surface area contributed by atoms with E-state index in [0.717, 1.165) is 6.42 Å². The zero-order valence-electron chi connectivity index (χ0n) is 6.64. The molecular formula is C7H11LiO2. The van der Waals surface area contributed by atoms with Gasteiger partial charge in [0.1, 0.15) is 6.79 Å². The first kappa shape index (κ1) is 12.7. The van der Waals surface area contributed by atoms with Crippen molar-refractivity contribution in [3.05, 3.63) is 6.42 Å². The maximum Gasteiger partial charge on any atom is 1.00 e. The summed E-state index contributed by atoms with van der Waals surface area (Å²) < 4.78 is 9.57. The van der Waals surface area contributed by atoms with Crippen LogP contribution in [0.25, 0.3) is 0 Å². The minimum Gasteiger partial charge on any atom is -0.694 e. The summed E-state index contributed by atoms with van der Waals surface area (Å²) in [5.41, 5.74) is 0. The van der Waals surface area contributed by atoms with E-state index in [1.165, 1.54) is 0 Å². The van der Waals surface area contributed by atoms with Crippen molar-refractivity contribution in [2.24, 2.45) is 0 Å². The van der Waals surface area contributed by atoms with Gasteiger partial charge in [0, 0.05) is 7.11 Å². The van der Waals surface area contributed by atoms with Crippen molar-refractivity contribution < 1.29 is 28.3 Å². The fourth-order valence-electron chi connectivity index (χ4n) is 0.405. The van der Waals surface area contributed by atoms with Gasteiger partial charge in [0.15, 0.2) is 0 Å². The van der Waals surface area contributed by atoms with Gasteiger partial charge >= 0.3 is 18.9 Å². The summed E-state index contributed by atoms with van der Waals surface area (Å²) in [5, 5.41) is 0. The zero-order valence-corrected chi connectivity index (χ0v) is 6.64. The molecule has 0 amide bonds. The second-order valence-corrected chi connectivity index (χ2v) is 1.60. The molecule has 52 valence electrons. The van der Waals surface area contributed by atoms with Crippen molar-refractivity contribution in [3.8, 4) is 5.92 Å². The third-order valence-corrected chi connectivity index (χ3v) is 0.792. The normalized spacial score (nSPS) is 8.00. The molecule has 0 radical (unpaired) electrons. The molecule has 10 heavy (non-hydrogen) atoms. The van der Waals surface area contributed by atoms with Crippen molar-refractivity contribution in [3.63, 3.8) is 0 Å². The van der Waals surface area contributed by atoms with Gasteiger partial charge in [-0.15, -0.1) is 0 Å². The van der Waals surface area contributed by atoms with Gasteiger partial charge in [-0.2, -0.15) is 0 Å². The van der Waals surface area contributed by atoms with E-state index in [1.54, 1.807) is 7.11 Å². The number of unbranched alkanes of at least 4 members (excludes halogenated alkanes) is 1. The molecule has 0 heterocycles. The number of rotatable bonds is 5. The van der Waals surface area contributed by atoms with E-state index >= 15 is 0 Å². The number of methoxy groups -OCH3 is 1. The Bertz CT molecular complexity index is 88.1. The van der Waals surface area contributed by atoms with E-state index in [4.69, 9.17) is 11.2 Å². The van der Waals surface area contributed by atoms with E-state index in [1.807, 2.05) is 0 Å². The van der Waals surface area contributed by atoms with Crippen LogP contribution >= 0.6 is 0 Å². The molecular weight excluding hydrogens is 123 g/mol. The van der Waals surface area contributed by atoms with E-state index in [9.17, 15) is 0 Å². The van der Waals surface area contributed by atoms with Gasteiger partial charge in [-0.05, 0) is 12.8 Å². The van der Waals surface area contributed by atoms with Crippen molar-refractivity contribution in [1.82, 2.24) is 0 Å². The maximum atomic E-state index is 6.55. The van der Waals surface area contributed by atoms with Gasteiger partial charge in [0.2, 0.25) is 0 Å². The third kappa shape index (κ3) is 11.0. The van der Waals surface area contributed by atoms with Crippen LogP contribution in [0.3, 0.4) is 0 Å². The van der Waals surface area contributed by atoms with Crippen molar-refractivity contribution >= 4 is 0 Å². The molecule has 0 atom stereocenters. The third-order valence-electron chi connectivity index (χ3n) is 0.792. The van der Waals surface area contributed by atoms with Gasteiger partial charge < -0.3 is 21.8 Å². The summed E-state index contributed by atoms with van der Waals surface area (Å²) in [6.45, 7) is 0.998. The summed E-state index contributed by atoms with van der Waals surface area (Å²) in [6.07, 6.45) is 8.07. The molecule has 2 nitrogen and oxygen atoms in total. The minimum absolute atomic E-state index is 0. The Balaban J connectivity index is 0. The minimum atomic E-state index is 0. The number of hydrogen-bond donors (Lipinski definition) is 0. The summed E-state index contributed by atoms with van der Waals surface area (Å²) in [5.74, 6) is 2.27. The molecule has 0 aromatic heterocycles. The Morgan fingerprint density at radius 1 is 1.50 bits per heavy atom. The van der Waals surface area contributed by atoms with E-state index < -0.39 is 0 Å². The Morgan fingerprint density at radius 2 is 2.20 bits per heavy atom. The molecule has 0 rings (SSSR count). The predicted molar refractivity (Wildman–Crippen MR) is 34.2 cm³/mol. The van der Waals surface area contributed by atoms with Crippen LogP contribution in [-0.2, 0) is 9.47 Å². The van der Waals surface area contributed by atoms with Gasteiger partial charge in [-0.25, -0.2) is 0 Å². The second kappa shape index (κ2) is 11.8. The summed E-state index contributed by atoms with van der Waals surface area (Å²) >= 11 is 0. The van der Waals surface area contributed by atoms with Crippen molar-refractivity contribution in [2.75, 3.05) is 20.5 Å². The largest absolute Gasteiger partial charge is 1.00 e. The van der Waals surface area contributed by atoms with Gasteiger partial charge in [0.05, 0.1) is 6.61 Å². The molecule has 3 heteroatoms. The van der Waals surface area contributed by atoms with Crippen LogP contribution in [0.5, 0.6) is 0 Å². The fourth-order valence-corrected chi connectivity index (χ4v) is 0.405. The molecule has 0 N–H and O–H groups in total. The number of ether oxygens (including phenoxy) is 2. The molecule has 0 aromatic rings. The first-order chi connectivity index (χ1) is 4.41. The molecule has 0 saturated heterocycles. The van der Waals surface area contributed by atoms with Crippen LogP contribution in [0.1, 0.15) is 12.8 Å². The van der Waals surface area contributed by atoms with Crippen LogP contribution in [0.2, 0.25) is 0 Å². The fraction of sp³-hybridized carbons (Fsp3) is 0.714. The van der Waals surface area contributed by atoms with Crippen LogP contribution < -0.4 is 18.9 Å². The first-order valence-electron chi connectivity index (χ1n) is 2.88. The van der Waals surface area contributed by atoms with Crippen molar-refractivity contribution in [2.45, 2.75) is 12.8 Å². The SMILES string of the molecule is [C-]#CCCCOCOC.[Li+]. The summed E-state index contributed by atoms with van der Waals surface area (Å²) in [6, 6.07) is 0. The Hall–Kier alpha value is 0.0774. The standard InChI is InChI=1S/C7H11O2.Li/c1-3-4-5-6-9-7-8-2;/h4-7H2,2H3;/q-1;+1. The molecule has 0 aliphatic heterocycles. The van der Waals surface area contributed by atoms with Gasteiger partial charge in [0.25, 0.3) is 0 Å². The molecule has 0 aromatic carbocycles. The van der Waals surface area contributed by atoms with Crippen LogP contribution in [-0.4, -0.2) is 20.5 Å². The van der Waals surface area contributed by atoms with Crippen molar-refractivity contribution in [1.29, 1.82) is 0 Å². The molecule has 0 aliphatic rings. The maximum absolute atomic E-state index is 6.55. The van der Waals surface area contributed by atoms with Crippen LogP contribution in [0.4, 0.5) is 0 Å². The molecule has 0 bridgehead atoms. The van der Waals surface area contributed by atoms with E-state index in [2.05, 4.69) is 10.7 Å². The average Bonchev–Trinajstić information content (AvgIpc) is 1.89. The monoisotopic (exact) mass is 134 g/mol. The summed E-state index contributed by atoms with van der Waals surface area (Å²) in [7, 11) is 1.59. The van der Waals surface area contributed by atoms with E-state index in [-0.39, 0.29) is 18.9 Å². The molecule has 0 saturated carbocycles. The zero-order chi connectivity index (χ0) is 6.95. The number of hydrogen-bond acceptors (Lipinski definition) is 2. The Labute approximate surface area is 74.5 Å². The molecule has 0 aliphatic carbocycles. The average molecular weight is 134 g/mol. The van der Waals surface area contributed by atoms with Gasteiger partial charge in [-0.3, -0.25) is 0 Å². The van der Waals surface area contributed by atoms with Crippen LogP contribution in [0.15, 0.2) is 0 Å². The molecule has 0 unspecified atom stereocenters. The first-order valence-corrected chi connectivity index (χ1v) is 2.88. The van der Waals surface area contributed by atoms with Gasteiger partial charge in [-0.1, -0.05) is 0 Å². The summed E-state index contributed by atoms with van der Waals surface area (Å²) in [4.78, 5) is 0. The molecule has 0 spiro atoms. The smallest absolute Gasteiger partial charge is 0.694 e. The Morgan fingerprint density at radius 3 is 2.70 bits per heavy atom.